The van der Waals surface area contributed by atoms with Crippen LogP contribution >= 0.6 is 0 Å². The number of carbonyl (C=O) groups is 1. The lowest BCUT2D eigenvalue weighted by Crippen LogP contribution is -2.41. The van der Waals surface area contributed by atoms with Gasteiger partial charge in [-0.2, -0.15) is 0 Å². The summed E-state index contributed by atoms with van der Waals surface area (Å²) in [6.07, 6.45) is 2.37. The van der Waals surface area contributed by atoms with E-state index in [0.29, 0.717) is 31.1 Å². The Balaban J connectivity index is 1.75. The number of nitrogens with one attached hydrogen (secondary N) is 1. The maximum absolute atomic E-state index is 13.0. The minimum Gasteiger partial charge on any atom is -0.490 e. The fourth-order valence-corrected chi connectivity index (χ4v) is 2.52. The standard InChI is InChI=1S/C23H26FNO5/c1-3-28-22(17-30-21-11-7-19(24)8-12-21)23(26)25-14-13-18-5-9-20(10-6-18)29-16-4-15-27-2/h5-12,22H,3,13-14,16-17H2,1-2H3,(H,25,26). The van der Waals surface area contributed by atoms with Crippen molar-refractivity contribution < 1.29 is 28.1 Å². The number of carbonyl (C=O) groups excluding carboxylic acids is 1. The summed E-state index contributed by atoms with van der Waals surface area (Å²) in [5.74, 6) is 3.29. The molecule has 0 aliphatic heterocycles. The molecule has 1 amide bonds. The maximum atomic E-state index is 13.0. The minimum atomic E-state index is -0.746. The fourth-order valence-electron chi connectivity index (χ4n) is 2.52. The van der Waals surface area contributed by atoms with Crippen LogP contribution in [0.5, 0.6) is 11.5 Å². The van der Waals surface area contributed by atoms with Gasteiger partial charge in [-0.25, -0.2) is 4.39 Å². The first kappa shape index (κ1) is 23.0. The predicted octanol–water partition coefficient (Wildman–Crippen LogP) is 2.95. The smallest absolute Gasteiger partial charge is 0.252 e. The molecule has 1 atom stereocenters. The SMILES string of the molecule is CCOC(COc1ccc(F)cc1)C(=O)NCCc1ccc(OCC#COC)cc1. The van der Waals surface area contributed by atoms with E-state index >= 15 is 0 Å². The van der Waals surface area contributed by atoms with Gasteiger partial charge in [0.25, 0.3) is 5.91 Å². The van der Waals surface area contributed by atoms with Gasteiger partial charge in [-0.1, -0.05) is 12.1 Å². The second-order valence-corrected chi connectivity index (χ2v) is 6.17. The number of hydrogen-bond acceptors (Lipinski definition) is 5. The Morgan fingerprint density at radius 3 is 2.40 bits per heavy atom. The quantitative estimate of drug-likeness (QED) is 0.572. The first-order valence-corrected chi connectivity index (χ1v) is 9.62. The number of amides is 1. The third-order valence-corrected chi connectivity index (χ3v) is 4.00. The summed E-state index contributed by atoms with van der Waals surface area (Å²) in [5, 5.41) is 2.86. The Morgan fingerprint density at radius 2 is 1.73 bits per heavy atom. The van der Waals surface area contributed by atoms with E-state index in [2.05, 4.69) is 22.1 Å². The van der Waals surface area contributed by atoms with Crippen LogP contribution in [0.15, 0.2) is 48.5 Å². The Morgan fingerprint density at radius 1 is 1.07 bits per heavy atom. The summed E-state index contributed by atoms with van der Waals surface area (Å²) in [7, 11) is 1.50. The Bertz CT molecular complexity index is 827. The number of hydrogen-bond donors (Lipinski definition) is 1. The molecule has 1 unspecified atom stereocenters. The van der Waals surface area contributed by atoms with Gasteiger partial charge in [-0.15, -0.1) is 0 Å². The van der Waals surface area contributed by atoms with Crippen LogP contribution in [0.25, 0.3) is 0 Å². The van der Waals surface area contributed by atoms with Crippen molar-refractivity contribution in [2.75, 3.05) is 33.5 Å². The lowest BCUT2D eigenvalue weighted by molar-refractivity contribution is -0.134. The first-order valence-electron chi connectivity index (χ1n) is 9.62. The molecule has 0 spiro atoms. The van der Waals surface area contributed by atoms with Crippen LogP contribution < -0.4 is 14.8 Å². The maximum Gasteiger partial charge on any atom is 0.252 e. The van der Waals surface area contributed by atoms with Crippen LogP contribution in [-0.4, -0.2) is 45.5 Å². The van der Waals surface area contributed by atoms with Gasteiger partial charge in [0.05, 0.1) is 7.11 Å². The zero-order chi connectivity index (χ0) is 21.6. The first-order chi connectivity index (χ1) is 14.6. The second kappa shape index (κ2) is 13.1. The Kier molecular flexibility index (Phi) is 10.0. The van der Waals surface area contributed by atoms with Gasteiger partial charge in [0.1, 0.15) is 30.0 Å². The molecule has 2 rings (SSSR count). The molecule has 0 radical (unpaired) electrons. The molecule has 0 bridgehead atoms. The number of methoxy groups -OCH3 is 1. The molecular formula is C23H26FNO5. The topological polar surface area (TPSA) is 66.0 Å². The van der Waals surface area contributed by atoms with E-state index in [1.165, 1.54) is 31.4 Å². The van der Waals surface area contributed by atoms with E-state index in [-0.39, 0.29) is 24.9 Å². The predicted molar refractivity (Wildman–Crippen MR) is 111 cm³/mol. The molecule has 0 heterocycles. The third kappa shape index (κ3) is 8.41. The second-order valence-electron chi connectivity index (χ2n) is 6.17. The summed E-state index contributed by atoms with van der Waals surface area (Å²) in [6, 6.07) is 13.2. The van der Waals surface area contributed by atoms with E-state index in [1.54, 1.807) is 0 Å². The summed E-state index contributed by atoms with van der Waals surface area (Å²) >= 11 is 0. The summed E-state index contributed by atoms with van der Waals surface area (Å²) in [5.41, 5.74) is 1.06. The van der Waals surface area contributed by atoms with Crippen molar-refractivity contribution in [1.82, 2.24) is 5.32 Å². The van der Waals surface area contributed by atoms with Gasteiger partial charge < -0.3 is 24.3 Å². The molecule has 2 aromatic carbocycles. The number of rotatable bonds is 11. The molecule has 0 aliphatic carbocycles. The van der Waals surface area contributed by atoms with E-state index in [9.17, 15) is 9.18 Å². The molecule has 30 heavy (non-hydrogen) atoms. The van der Waals surface area contributed by atoms with Crippen molar-refractivity contribution in [2.24, 2.45) is 0 Å². The van der Waals surface area contributed by atoms with Crippen LogP contribution in [0, 0.1) is 17.8 Å². The zero-order valence-corrected chi connectivity index (χ0v) is 17.2. The van der Waals surface area contributed by atoms with Crippen LogP contribution in [-0.2, 0) is 20.7 Å². The van der Waals surface area contributed by atoms with Gasteiger partial charge >= 0.3 is 0 Å². The van der Waals surface area contributed by atoms with Crippen molar-refractivity contribution in [3.8, 4) is 23.5 Å². The molecule has 0 aliphatic rings. The number of benzene rings is 2. The van der Waals surface area contributed by atoms with E-state index in [1.807, 2.05) is 31.2 Å². The molecular weight excluding hydrogens is 389 g/mol. The summed E-state index contributed by atoms with van der Waals surface area (Å²) < 4.78 is 34.1. The van der Waals surface area contributed by atoms with Crippen LogP contribution in [0.1, 0.15) is 12.5 Å². The molecule has 0 saturated carbocycles. The average Bonchev–Trinajstić information content (AvgIpc) is 2.76. The zero-order valence-electron chi connectivity index (χ0n) is 17.2. The van der Waals surface area contributed by atoms with E-state index < -0.39 is 6.10 Å². The fraction of sp³-hybridized carbons (Fsp3) is 0.348. The van der Waals surface area contributed by atoms with Gasteiger partial charge in [-0.3, -0.25) is 4.79 Å². The summed E-state index contributed by atoms with van der Waals surface area (Å²) in [6.45, 7) is 2.94. The highest BCUT2D eigenvalue weighted by Crippen LogP contribution is 2.13. The molecule has 6 nitrogen and oxygen atoms in total. The molecule has 2 aromatic rings. The van der Waals surface area contributed by atoms with Crippen molar-refractivity contribution in [3.05, 3.63) is 59.9 Å². The molecule has 160 valence electrons. The van der Waals surface area contributed by atoms with Crippen molar-refractivity contribution >= 4 is 5.91 Å². The van der Waals surface area contributed by atoms with Crippen molar-refractivity contribution in [1.29, 1.82) is 0 Å². The average molecular weight is 415 g/mol. The van der Waals surface area contributed by atoms with Gasteiger partial charge in [-0.05, 0) is 61.2 Å². The molecule has 0 fully saturated rings. The number of halogens is 1. The third-order valence-electron chi connectivity index (χ3n) is 4.00. The minimum absolute atomic E-state index is 0.0449. The largest absolute Gasteiger partial charge is 0.490 e. The molecule has 0 saturated heterocycles. The van der Waals surface area contributed by atoms with Gasteiger partial charge in [0.2, 0.25) is 0 Å². The highest BCUT2D eigenvalue weighted by Gasteiger charge is 2.19. The Labute approximate surface area is 176 Å². The Hall–Kier alpha value is -3.24. The van der Waals surface area contributed by atoms with Gasteiger partial charge in [0.15, 0.2) is 12.7 Å². The molecule has 1 N–H and O–H groups in total. The highest BCUT2D eigenvalue weighted by atomic mass is 19.1. The van der Waals surface area contributed by atoms with Crippen molar-refractivity contribution in [3.63, 3.8) is 0 Å². The van der Waals surface area contributed by atoms with Crippen molar-refractivity contribution in [2.45, 2.75) is 19.4 Å². The lowest BCUT2D eigenvalue weighted by atomic mass is 10.1. The van der Waals surface area contributed by atoms with Gasteiger partial charge in [0, 0.05) is 13.2 Å². The highest BCUT2D eigenvalue weighted by molar-refractivity contribution is 5.80. The van der Waals surface area contributed by atoms with Crippen LogP contribution in [0.2, 0.25) is 0 Å². The normalized spacial score (nSPS) is 11.0. The monoisotopic (exact) mass is 415 g/mol. The van der Waals surface area contributed by atoms with Crippen LogP contribution in [0.4, 0.5) is 4.39 Å². The van der Waals surface area contributed by atoms with E-state index in [4.69, 9.17) is 14.2 Å². The molecule has 0 aromatic heterocycles. The van der Waals surface area contributed by atoms with E-state index in [0.717, 1.165) is 5.56 Å². The van der Waals surface area contributed by atoms with Crippen LogP contribution in [0.3, 0.4) is 0 Å². The lowest BCUT2D eigenvalue weighted by Gasteiger charge is -2.17. The molecule has 7 heteroatoms. The number of ether oxygens (including phenoxy) is 4. The summed E-state index contributed by atoms with van der Waals surface area (Å²) in [4.78, 5) is 12.4.